The molecule has 0 bridgehead atoms. The van der Waals surface area contributed by atoms with Gasteiger partial charge in [-0.15, -0.1) is 0 Å². The van der Waals surface area contributed by atoms with Gasteiger partial charge in [0.1, 0.15) is 23.0 Å². The minimum atomic E-state index is -1.57. The quantitative estimate of drug-likeness (QED) is 0.0294. The molecule has 0 radical (unpaired) electrons. The minimum absolute atomic E-state index is 0.0931. The van der Waals surface area contributed by atoms with Crippen LogP contribution in [0.5, 0.6) is 23.0 Å². The lowest BCUT2D eigenvalue weighted by molar-refractivity contribution is 0.134. The van der Waals surface area contributed by atoms with Gasteiger partial charge >= 0.3 is 24.5 Å². The Hall–Kier alpha value is -5.52. The third-order valence-electron chi connectivity index (χ3n) is 8.66. The van der Waals surface area contributed by atoms with Crippen molar-refractivity contribution in [2.24, 2.45) is 0 Å². The Bertz CT molecular complexity index is 2020. The van der Waals surface area contributed by atoms with Crippen LogP contribution in [-0.2, 0) is 4.74 Å². The van der Waals surface area contributed by atoms with Crippen molar-refractivity contribution in [3.05, 3.63) is 42.5 Å². The van der Waals surface area contributed by atoms with Crippen molar-refractivity contribution in [3.63, 3.8) is 0 Å². The van der Waals surface area contributed by atoms with E-state index in [0.29, 0.717) is 49.9 Å². The van der Waals surface area contributed by atoms with Crippen LogP contribution in [0, 0.1) is 5.41 Å². The highest BCUT2D eigenvalue weighted by molar-refractivity contribution is 6.37. The summed E-state index contributed by atoms with van der Waals surface area (Å²) in [7, 11) is 0. The van der Waals surface area contributed by atoms with E-state index in [4.69, 9.17) is 29.1 Å². The highest BCUT2D eigenvalue weighted by Gasteiger charge is 2.28. The SMILES string of the molecule is CCCCCCCCCCCCNc1cc2c3c(ccc4c5ccc(OC(=O)O)c6c(OC(=O)O)ccc(c1c34)c65)OC(=O)OC(=N)O2. The number of hydrogen-bond acceptors (Lipinski definition) is 10. The number of nitrogens with one attached hydrogen (secondary N) is 2. The zero-order valence-corrected chi connectivity index (χ0v) is 26.5. The molecule has 1 heterocycles. The summed E-state index contributed by atoms with van der Waals surface area (Å²) in [4.78, 5) is 35.6. The molecule has 250 valence electrons. The Morgan fingerprint density at radius 2 is 1.25 bits per heavy atom. The van der Waals surface area contributed by atoms with Crippen molar-refractivity contribution in [1.29, 1.82) is 5.41 Å². The zero-order valence-electron chi connectivity index (χ0n) is 26.5. The summed E-state index contributed by atoms with van der Waals surface area (Å²) in [6, 6.07) is 11.3. The van der Waals surface area contributed by atoms with Crippen LogP contribution in [0.4, 0.5) is 20.1 Å². The van der Waals surface area contributed by atoms with Gasteiger partial charge in [-0.2, -0.15) is 0 Å². The molecule has 1 aliphatic heterocycles. The van der Waals surface area contributed by atoms with E-state index in [0.717, 1.165) is 19.3 Å². The van der Waals surface area contributed by atoms with Gasteiger partial charge in [0.25, 0.3) is 0 Å². The molecule has 0 amide bonds. The van der Waals surface area contributed by atoms with Crippen LogP contribution >= 0.6 is 0 Å². The molecule has 0 unspecified atom stereocenters. The lowest BCUT2D eigenvalue weighted by Gasteiger charge is -2.23. The summed E-state index contributed by atoms with van der Waals surface area (Å²) in [5.41, 5.74) is 0.648. The third-order valence-corrected chi connectivity index (χ3v) is 8.66. The maximum atomic E-state index is 12.3. The summed E-state index contributed by atoms with van der Waals surface area (Å²) < 4.78 is 26.3. The lowest BCUT2D eigenvalue weighted by atomic mass is 9.87. The molecular formula is C36H36N2O10. The second kappa shape index (κ2) is 14.1. The van der Waals surface area contributed by atoms with Crippen molar-refractivity contribution in [2.75, 3.05) is 11.9 Å². The molecule has 4 N–H and O–H groups in total. The van der Waals surface area contributed by atoms with Crippen molar-refractivity contribution in [3.8, 4) is 23.0 Å². The van der Waals surface area contributed by atoms with Crippen molar-refractivity contribution < 1.29 is 48.3 Å². The Balaban J connectivity index is 1.46. The van der Waals surface area contributed by atoms with E-state index in [1.807, 2.05) is 0 Å². The fourth-order valence-electron chi connectivity index (χ4n) is 6.67. The van der Waals surface area contributed by atoms with Crippen LogP contribution in [0.15, 0.2) is 42.5 Å². The highest BCUT2D eigenvalue weighted by Crippen LogP contribution is 2.52. The molecule has 12 nitrogen and oxygen atoms in total. The number of unbranched alkanes of at least 4 members (excludes halogenated alkanes) is 9. The zero-order chi connectivity index (χ0) is 33.8. The van der Waals surface area contributed by atoms with E-state index < -0.39 is 24.5 Å². The number of anilines is 1. The first-order chi connectivity index (χ1) is 23.3. The Kier molecular flexibility index (Phi) is 9.51. The molecule has 0 saturated heterocycles. The predicted molar refractivity (Wildman–Crippen MR) is 181 cm³/mol. The van der Waals surface area contributed by atoms with Crippen LogP contribution in [0.3, 0.4) is 0 Å². The number of carboxylic acid groups (broad SMARTS) is 2. The minimum Gasteiger partial charge on any atom is -0.449 e. The van der Waals surface area contributed by atoms with E-state index in [9.17, 15) is 24.6 Å². The van der Waals surface area contributed by atoms with E-state index in [1.165, 1.54) is 57.1 Å². The summed E-state index contributed by atoms with van der Waals surface area (Å²) >= 11 is 0. The molecule has 5 aromatic carbocycles. The van der Waals surface area contributed by atoms with Crippen LogP contribution in [0.1, 0.15) is 71.1 Å². The molecule has 12 heteroatoms. The van der Waals surface area contributed by atoms with Crippen LogP contribution in [0.25, 0.3) is 43.1 Å². The average Bonchev–Trinajstić information content (AvgIpc) is 3.03. The van der Waals surface area contributed by atoms with Gasteiger partial charge in [-0.3, -0.25) is 0 Å². The molecule has 0 fully saturated rings. The molecule has 1 aliphatic rings. The van der Waals surface area contributed by atoms with Gasteiger partial charge in [0.05, 0.1) is 10.8 Å². The summed E-state index contributed by atoms with van der Waals surface area (Å²) in [6.07, 6.45) is 6.92. The second-order valence-electron chi connectivity index (χ2n) is 11.8. The maximum Gasteiger partial charge on any atom is 0.522 e. The highest BCUT2D eigenvalue weighted by atomic mass is 16.8. The smallest absolute Gasteiger partial charge is 0.449 e. The van der Waals surface area contributed by atoms with Crippen LogP contribution < -0.4 is 24.3 Å². The first kappa shape index (κ1) is 32.4. The van der Waals surface area contributed by atoms with Gasteiger partial charge in [-0.1, -0.05) is 64.7 Å². The first-order valence-electron chi connectivity index (χ1n) is 16.2. The van der Waals surface area contributed by atoms with Gasteiger partial charge in [0, 0.05) is 34.5 Å². The number of cyclic esters (lactones) is 1. The normalized spacial score (nSPS) is 12.9. The molecule has 5 aromatic rings. The Morgan fingerprint density at radius 3 is 1.90 bits per heavy atom. The largest absolute Gasteiger partial charge is 0.522 e. The van der Waals surface area contributed by atoms with E-state index in [-0.39, 0.29) is 28.4 Å². The topological polar surface area (TPSA) is 174 Å². The molecule has 48 heavy (non-hydrogen) atoms. The lowest BCUT2D eigenvalue weighted by Crippen LogP contribution is -2.22. The Morgan fingerprint density at radius 1 is 0.667 bits per heavy atom. The van der Waals surface area contributed by atoms with Gasteiger partial charge in [0.2, 0.25) is 0 Å². The van der Waals surface area contributed by atoms with Gasteiger partial charge in [-0.25, -0.2) is 19.8 Å². The summed E-state index contributed by atoms with van der Waals surface area (Å²) in [5, 5.41) is 35.0. The number of fused-ring (bicyclic) bond motifs is 2. The van der Waals surface area contributed by atoms with Crippen molar-refractivity contribution in [2.45, 2.75) is 71.1 Å². The fourth-order valence-corrected chi connectivity index (χ4v) is 6.67. The van der Waals surface area contributed by atoms with Crippen LogP contribution in [0.2, 0.25) is 0 Å². The molecule has 0 aliphatic carbocycles. The van der Waals surface area contributed by atoms with Crippen molar-refractivity contribution >= 4 is 73.3 Å². The molecule has 0 atom stereocenters. The number of hydrogen-bond donors (Lipinski definition) is 4. The fraction of sp³-hybridized carbons (Fsp3) is 0.333. The molecule has 0 aromatic heterocycles. The van der Waals surface area contributed by atoms with Gasteiger partial charge < -0.3 is 39.2 Å². The second-order valence-corrected chi connectivity index (χ2v) is 11.8. The number of rotatable bonds is 14. The van der Waals surface area contributed by atoms with E-state index >= 15 is 0 Å². The monoisotopic (exact) mass is 656 g/mol. The molecule has 0 spiro atoms. The Labute approximate surface area is 275 Å². The van der Waals surface area contributed by atoms with Crippen molar-refractivity contribution in [1.82, 2.24) is 0 Å². The standard InChI is InChI=1S/C36H36N2O10/c1-2-3-4-5-6-7-8-9-10-11-18-38-23-19-27-32-26(47-36(43)48-33(37)44-27)16-13-21-20-12-15-24(45-34(39)40)31-25(46-35(41)42)17-14-22(28(20)31)29(23)30(21)32/h12-17,19,37-38H,2-11,18H2,1H3,(H,39,40)(H,41,42). The van der Waals surface area contributed by atoms with Crippen LogP contribution in [-0.4, -0.2) is 41.3 Å². The number of carbonyl (C=O) groups is 3. The van der Waals surface area contributed by atoms with E-state index in [1.54, 1.807) is 30.3 Å². The predicted octanol–water partition coefficient (Wildman–Crippen LogP) is 10.0. The third kappa shape index (κ3) is 6.51. The number of benzene rings is 5. The summed E-state index contributed by atoms with van der Waals surface area (Å²) in [5.74, 6) is 0.221. The first-order valence-corrected chi connectivity index (χ1v) is 16.2. The average molecular weight is 657 g/mol. The molecular weight excluding hydrogens is 620 g/mol. The van der Waals surface area contributed by atoms with E-state index in [2.05, 4.69) is 12.2 Å². The van der Waals surface area contributed by atoms with Gasteiger partial charge in [-0.05, 0) is 59.0 Å². The maximum absolute atomic E-state index is 12.3. The number of ether oxygens (including phenoxy) is 5. The van der Waals surface area contributed by atoms with Gasteiger partial charge in [0.15, 0.2) is 0 Å². The number of carbonyl (C=O) groups excluding carboxylic acids is 1. The molecule has 0 saturated carbocycles. The summed E-state index contributed by atoms with van der Waals surface area (Å²) in [6.45, 7) is 2.85. The molecule has 6 rings (SSSR count).